The van der Waals surface area contributed by atoms with Gasteiger partial charge < -0.3 is 9.84 Å². The number of carboxylic acid groups (broad SMARTS) is 1. The number of ether oxygens (including phenoxy) is 1. The lowest BCUT2D eigenvalue weighted by atomic mass is 10.1. The first-order valence-corrected chi connectivity index (χ1v) is 11.2. The first-order valence-electron chi connectivity index (χ1n) is 8.92. The molecule has 0 saturated heterocycles. The summed E-state index contributed by atoms with van der Waals surface area (Å²) in [6.45, 7) is 0. The van der Waals surface area contributed by atoms with Crippen molar-refractivity contribution in [2.75, 3.05) is 7.11 Å². The van der Waals surface area contributed by atoms with Crippen LogP contribution in [0.15, 0.2) is 70.9 Å². The summed E-state index contributed by atoms with van der Waals surface area (Å²) in [5.74, 6) is 5.37. The second kappa shape index (κ2) is 9.59. The Morgan fingerprint density at radius 2 is 1.77 bits per heavy atom. The fraction of sp³-hybridized carbons (Fsp3) is 0.136. The highest BCUT2D eigenvalue weighted by Crippen LogP contribution is 2.22. The molecule has 2 aromatic carbocycles. The maximum absolute atomic E-state index is 12.7. The van der Waals surface area contributed by atoms with E-state index >= 15 is 0 Å². The molecule has 3 rings (SSSR count). The van der Waals surface area contributed by atoms with Crippen molar-refractivity contribution in [2.45, 2.75) is 16.7 Å². The van der Waals surface area contributed by atoms with E-state index in [0.29, 0.717) is 4.88 Å². The molecule has 2 N–H and O–H groups in total. The van der Waals surface area contributed by atoms with Gasteiger partial charge in [-0.1, -0.05) is 42.2 Å². The molecule has 1 aromatic heterocycles. The van der Waals surface area contributed by atoms with Gasteiger partial charge in [-0.05, 0) is 48.4 Å². The molecule has 0 unspecified atom stereocenters. The first kappa shape index (κ1) is 21.6. The van der Waals surface area contributed by atoms with Crippen LogP contribution in [-0.2, 0) is 21.2 Å². The van der Waals surface area contributed by atoms with Gasteiger partial charge in [-0.25, -0.2) is 8.42 Å². The van der Waals surface area contributed by atoms with Gasteiger partial charge in [0.15, 0.2) is 0 Å². The van der Waals surface area contributed by atoms with E-state index in [2.05, 4.69) is 16.6 Å². The maximum atomic E-state index is 12.7. The monoisotopic (exact) mass is 441 g/mol. The Balaban J connectivity index is 1.74. The second-order valence-electron chi connectivity index (χ2n) is 6.30. The number of carbonyl (C=O) groups is 1. The number of sulfonamides is 1. The number of carboxylic acids is 1. The van der Waals surface area contributed by atoms with E-state index in [1.54, 1.807) is 61.7 Å². The lowest BCUT2D eigenvalue weighted by molar-refractivity contribution is -0.138. The number of methoxy groups -OCH3 is 1. The van der Waals surface area contributed by atoms with Crippen LogP contribution in [0.5, 0.6) is 5.75 Å². The third kappa shape index (κ3) is 5.70. The molecule has 0 fully saturated rings. The summed E-state index contributed by atoms with van der Waals surface area (Å²) in [7, 11) is -2.41. The van der Waals surface area contributed by atoms with Crippen LogP contribution in [0.25, 0.3) is 0 Å². The number of aliphatic carboxylic acids is 1. The van der Waals surface area contributed by atoms with Gasteiger partial charge in [0.2, 0.25) is 0 Å². The predicted molar refractivity (Wildman–Crippen MR) is 115 cm³/mol. The van der Waals surface area contributed by atoms with E-state index in [9.17, 15) is 18.3 Å². The van der Waals surface area contributed by atoms with Crippen LogP contribution in [0, 0.1) is 11.8 Å². The Labute approximate surface area is 179 Å². The summed E-state index contributed by atoms with van der Waals surface area (Å²) in [6, 6.07) is 17.8. The van der Waals surface area contributed by atoms with Crippen LogP contribution in [0.2, 0.25) is 0 Å². The van der Waals surface area contributed by atoms with Gasteiger partial charge in [-0.3, -0.25) is 4.79 Å². The number of thiophene rings is 1. The minimum Gasteiger partial charge on any atom is -0.497 e. The van der Waals surface area contributed by atoms with E-state index in [0.717, 1.165) is 28.2 Å². The van der Waals surface area contributed by atoms with Gasteiger partial charge in [-0.2, -0.15) is 4.72 Å². The summed E-state index contributed by atoms with van der Waals surface area (Å²) in [4.78, 5) is 12.1. The predicted octanol–water partition coefficient (Wildman–Crippen LogP) is 3.13. The van der Waals surface area contributed by atoms with Crippen molar-refractivity contribution >= 4 is 27.3 Å². The van der Waals surface area contributed by atoms with E-state index < -0.39 is 22.0 Å². The van der Waals surface area contributed by atoms with Crippen molar-refractivity contribution in [1.29, 1.82) is 0 Å². The number of hydrogen-bond acceptors (Lipinski definition) is 5. The van der Waals surface area contributed by atoms with Crippen molar-refractivity contribution in [3.63, 3.8) is 0 Å². The third-order valence-electron chi connectivity index (χ3n) is 4.14. The molecule has 8 heteroatoms. The van der Waals surface area contributed by atoms with E-state index in [1.807, 2.05) is 6.07 Å². The lowest BCUT2D eigenvalue weighted by Gasteiger charge is -2.14. The highest BCUT2D eigenvalue weighted by atomic mass is 32.2. The molecule has 6 nitrogen and oxygen atoms in total. The van der Waals surface area contributed by atoms with Gasteiger partial charge in [-0.15, -0.1) is 11.3 Å². The quantitative estimate of drug-likeness (QED) is 0.550. The van der Waals surface area contributed by atoms with Crippen LogP contribution in [0.1, 0.15) is 16.0 Å². The molecule has 1 heterocycles. The van der Waals surface area contributed by atoms with E-state index in [4.69, 9.17) is 4.74 Å². The molecule has 0 bridgehead atoms. The average Bonchev–Trinajstić information content (AvgIpc) is 3.23. The molecule has 0 aliphatic carbocycles. The van der Waals surface area contributed by atoms with Crippen LogP contribution in [0.4, 0.5) is 0 Å². The zero-order valence-corrected chi connectivity index (χ0v) is 17.7. The Bertz CT molecular complexity index is 1170. The van der Waals surface area contributed by atoms with Gasteiger partial charge in [0.05, 0.1) is 12.0 Å². The standard InChI is InChI=1S/C22H19NO5S2/c1-28-18-10-7-16(8-11-18)9-12-19-13-14-21(29-19)30(26,27)23-20(22(24)25)15-17-5-3-2-4-6-17/h2-8,10-11,13-14,20,23H,15H2,1H3,(H,24,25)/t20-/m1/s1. The Hall–Kier alpha value is -3.12. The SMILES string of the molecule is COc1ccc(C#Cc2ccc(S(=O)(=O)N[C@H](Cc3ccccc3)C(=O)O)s2)cc1. The third-order valence-corrected chi connectivity index (χ3v) is 7.11. The summed E-state index contributed by atoms with van der Waals surface area (Å²) in [5.41, 5.74) is 1.49. The molecule has 0 saturated carbocycles. The normalized spacial score (nSPS) is 11.9. The van der Waals surface area contributed by atoms with Crippen molar-refractivity contribution < 1.29 is 23.1 Å². The van der Waals surface area contributed by atoms with Crippen molar-refractivity contribution in [3.05, 3.63) is 82.7 Å². The minimum absolute atomic E-state index is 0.0147. The molecule has 0 amide bonds. The van der Waals surface area contributed by atoms with Crippen molar-refractivity contribution in [1.82, 2.24) is 4.72 Å². The summed E-state index contributed by atoms with van der Waals surface area (Å²) < 4.78 is 32.7. The smallest absolute Gasteiger partial charge is 0.322 e. The molecular formula is C22H19NO5S2. The zero-order valence-electron chi connectivity index (χ0n) is 16.0. The average molecular weight is 442 g/mol. The number of nitrogens with one attached hydrogen (secondary N) is 1. The van der Waals surface area contributed by atoms with Gasteiger partial charge >= 0.3 is 5.97 Å². The molecule has 0 aliphatic heterocycles. The molecular weight excluding hydrogens is 422 g/mol. The van der Waals surface area contributed by atoms with Gasteiger partial charge in [0.1, 0.15) is 16.0 Å². The number of benzene rings is 2. The molecule has 1 atom stereocenters. The fourth-order valence-electron chi connectivity index (χ4n) is 2.61. The van der Waals surface area contributed by atoms with Crippen LogP contribution in [-0.4, -0.2) is 32.6 Å². The molecule has 0 spiro atoms. The molecule has 0 radical (unpaired) electrons. The molecule has 154 valence electrons. The van der Waals surface area contributed by atoms with Crippen molar-refractivity contribution in [2.24, 2.45) is 0 Å². The largest absolute Gasteiger partial charge is 0.497 e. The number of hydrogen-bond donors (Lipinski definition) is 2. The number of rotatable bonds is 7. The zero-order chi connectivity index (χ0) is 21.6. The van der Waals surface area contributed by atoms with Gasteiger partial charge in [0, 0.05) is 5.56 Å². The topological polar surface area (TPSA) is 92.7 Å². The minimum atomic E-state index is -3.99. The highest BCUT2D eigenvalue weighted by Gasteiger charge is 2.26. The van der Waals surface area contributed by atoms with E-state index in [1.165, 1.54) is 6.07 Å². The maximum Gasteiger partial charge on any atom is 0.322 e. The Morgan fingerprint density at radius 3 is 2.40 bits per heavy atom. The lowest BCUT2D eigenvalue weighted by Crippen LogP contribution is -2.42. The molecule has 30 heavy (non-hydrogen) atoms. The van der Waals surface area contributed by atoms with Crippen LogP contribution in [0.3, 0.4) is 0 Å². The highest BCUT2D eigenvalue weighted by molar-refractivity contribution is 7.91. The Morgan fingerprint density at radius 1 is 1.07 bits per heavy atom. The molecule has 3 aromatic rings. The summed E-state index contributed by atoms with van der Waals surface area (Å²) >= 11 is 0.985. The second-order valence-corrected chi connectivity index (χ2v) is 9.32. The van der Waals surface area contributed by atoms with Crippen molar-refractivity contribution in [3.8, 4) is 17.6 Å². The fourth-order valence-corrected chi connectivity index (χ4v) is 4.98. The first-order chi connectivity index (χ1) is 14.4. The summed E-state index contributed by atoms with van der Waals surface area (Å²) in [5, 5.41) is 9.44. The van der Waals surface area contributed by atoms with Gasteiger partial charge in [0.25, 0.3) is 10.0 Å². The summed E-state index contributed by atoms with van der Waals surface area (Å²) in [6.07, 6.45) is 0.0465. The van der Waals surface area contributed by atoms with Crippen LogP contribution >= 0.6 is 11.3 Å². The van der Waals surface area contributed by atoms with Crippen LogP contribution < -0.4 is 9.46 Å². The van der Waals surface area contributed by atoms with E-state index in [-0.39, 0.29) is 10.6 Å². The Kier molecular flexibility index (Phi) is 6.90. The molecule has 0 aliphatic rings.